The third-order valence-corrected chi connectivity index (χ3v) is 5.30. The normalized spacial score (nSPS) is 27.1. The Hall–Kier alpha value is -2.15. The van der Waals surface area contributed by atoms with Gasteiger partial charge in [-0.05, 0) is 18.4 Å². The van der Waals surface area contributed by atoms with Crippen molar-refractivity contribution in [2.24, 2.45) is 0 Å². The lowest BCUT2D eigenvalue weighted by Crippen LogP contribution is -2.55. The molecule has 0 aliphatic carbocycles. The molecule has 0 amide bonds. The summed E-state index contributed by atoms with van der Waals surface area (Å²) in [6, 6.07) is 0.480. The van der Waals surface area contributed by atoms with Gasteiger partial charge in [0.2, 0.25) is 0 Å². The van der Waals surface area contributed by atoms with Crippen LogP contribution >= 0.6 is 11.8 Å². The lowest BCUT2D eigenvalue weighted by atomic mass is 9.97. The molecule has 5 atom stereocenters. The third-order valence-electron chi connectivity index (χ3n) is 4.45. The lowest BCUT2D eigenvalue weighted by molar-refractivity contribution is -0.187. The number of carbonyl (C=O) groups is 1. The molecule has 1 fully saturated rings. The Morgan fingerprint density at radius 3 is 2.52 bits per heavy atom. The van der Waals surface area contributed by atoms with Crippen molar-refractivity contribution in [1.82, 2.24) is 15.0 Å². The Morgan fingerprint density at radius 1 is 1.28 bits per heavy atom. The molecule has 1 aliphatic heterocycles. The molecule has 0 radical (unpaired) electrons. The van der Waals surface area contributed by atoms with Crippen LogP contribution in [0.25, 0.3) is 11.3 Å². The largest absolute Gasteiger partial charge is 0.463 e. The van der Waals surface area contributed by atoms with Crippen molar-refractivity contribution >= 4 is 17.7 Å². The fraction of sp³-hybridized carbons (Fsp3) is 0.471. The summed E-state index contributed by atoms with van der Waals surface area (Å²) in [7, 11) is 0. The highest BCUT2D eigenvalue weighted by Crippen LogP contribution is 2.34. The van der Waals surface area contributed by atoms with Gasteiger partial charge in [-0.3, -0.25) is 4.79 Å². The molecule has 12 heteroatoms. The van der Waals surface area contributed by atoms with Gasteiger partial charge in [-0.2, -0.15) is 0 Å². The van der Waals surface area contributed by atoms with Crippen molar-refractivity contribution in [3.05, 3.63) is 35.8 Å². The quantitative estimate of drug-likeness (QED) is 0.537. The van der Waals surface area contributed by atoms with Crippen LogP contribution in [0.4, 0.5) is 13.2 Å². The van der Waals surface area contributed by atoms with Gasteiger partial charge in [0, 0.05) is 12.5 Å². The maximum Gasteiger partial charge on any atom is 0.302 e. The first kappa shape index (κ1) is 21.6. The zero-order valence-electron chi connectivity index (χ0n) is 15.3. The van der Waals surface area contributed by atoms with Gasteiger partial charge in [-0.1, -0.05) is 5.21 Å². The molecule has 1 aromatic carbocycles. The summed E-state index contributed by atoms with van der Waals surface area (Å²) >= 11 is 1.17. The SMILES string of the molecule is CS[C@@H]1O[C@H](COC(C)=O)[C@H](O)[C@H](n2cc(-c3cc(F)c(F)c(F)c3)nn2)[C@H]1O. The fourth-order valence-electron chi connectivity index (χ4n) is 3.02. The molecule has 1 saturated heterocycles. The molecule has 0 bridgehead atoms. The van der Waals surface area contributed by atoms with Crippen LogP contribution in [0.15, 0.2) is 18.3 Å². The topological polar surface area (TPSA) is 107 Å². The van der Waals surface area contributed by atoms with Gasteiger partial charge in [-0.15, -0.1) is 16.9 Å². The number of halogens is 3. The number of aliphatic hydroxyl groups excluding tert-OH is 2. The molecule has 0 unspecified atom stereocenters. The van der Waals surface area contributed by atoms with Crippen LogP contribution < -0.4 is 0 Å². The maximum absolute atomic E-state index is 13.5. The van der Waals surface area contributed by atoms with Crippen molar-refractivity contribution in [2.75, 3.05) is 12.9 Å². The van der Waals surface area contributed by atoms with E-state index in [0.29, 0.717) is 0 Å². The highest BCUT2D eigenvalue weighted by atomic mass is 32.2. The van der Waals surface area contributed by atoms with Crippen molar-refractivity contribution in [2.45, 2.75) is 36.7 Å². The van der Waals surface area contributed by atoms with Crippen molar-refractivity contribution in [3.8, 4) is 11.3 Å². The van der Waals surface area contributed by atoms with E-state index in [-0.39, 0.29) is 17.9 Å². The van der Waals surface area contributed by atoms with Crippen LogP contribution in [-0.4, -0.2) is 67.8 Å². The molecule has 0 spiro atoms. The van der Waals surface area contributed by atoms with E-state index in [0.717, 1.165) is 16.8 Å². The van der Waals surface area contributed by atoms with E-state index in [2.05, 4.69) is 10.3 Å². The van der Waals surface area contributed by atoms with E-state index in [1.54, 1.807) is 6.26 Å². The Bertz CT molecular complexity index is 876. The Morgan fingerprint density at radius 2 is 1.93 bits per heavy atom. The zero-order valence-corrected chi connectivity index (χ0v) is 16.1. The van der Waals surface area contributed by atoms with Crippen molar-refractivity contribution < 1.29 is 37.7 Å². The molecule has 2 aromatic rings. The number of thioether (sulfide) groups is 1. The molecule has 1 aromatic heterocycles. The van der Waals surface area contributed by atoms with Crippen LogP contribution in [0.5, 0.6) is 0 Å². The zero-order chi connectivity index (χ0) is 21.3. The second-order valence-electron chi connectivity index (χ2n) is 6.39. The number of benzene rings is 1. The minimum atomic E-state index is -1.60. The monoisotopic (exact) mass is 433 g/mol. The molecule has 0 saturated carbocycles. The minimum absolute atomic E-state index is 0.00549. The molecule has 2 heterocycles. The first-order valence-corrected chi connectivity index (χ1v) is 9.76. The van der Waals surface area contributed by atoms with Gasteiger partial charge < -0.3 is 19.7 Å². The van der Waals surface area contributed by atoms with Gasteiger partial charge >= 0.3 is 5.97 Å². The number of nitrogens with zero attached hydrogens (tertiary/aromatic N) is 3. The van der Waals surface area contributed by atoms with E-state index in [4.69, 9.17) is 9.47 Å². The Kier molecular flexibility index (Phi) is 6.46. The first-order chi connectivity index (χ1) is 13.7. The number of rotatable bonds is 5. The average molecular weight is 433 g/mol. The number of hydrogen-bond donors (Lipinski definition) is 2. The van der Waals surface area contributed by atoms with Crippen LogP contribution in [0, 0.1) is 17.5 Å². The second-order valence-corrected chi connectivity index (χ2v) is 7.33. The molecular formula is C17H18F3N3O5S. The van der Waals surface area contributed by atoms with E-state index >= 15 is 0 Å². The number of aliphatic hydroxyl groups is 2. The maximum atomic E-state index is 13.5. The molecule has 158 valence electrons. The fourth-order valence-corrected chi connectivity index (χ4v) is 3.71. The average Bonchev–Trinajstić information content (AvgIpc) is 3.15. The molecule has 1 aliphatic rings. The van der Waals surface area contributed by atoms with Crippen LogP contribution in [-0.2, 0) is 14.3 Å². The predicted molar refractivity (Wildman–Crippen MR) is 95.2 cm³/mol. The van der Waals surface area contributed by atoms with Gasteiger partial charge in [0.25, 0.3) is 0 Å². The first-order valence-electron chi connectivity index (χ1n) is 8.47. The Labute approximate surface area is 167 Å². The summed E-state index contributed by atoms with van der Waals surface area (Å²) in [5.74, 6) is -4.94. The Balaban J connectivity index is 1.90. The van der Waals surface area contributed by atoms with Gasteiger partial charge in [0.15, 0.2) is 17.5 Å². The van der Waals surface area contributed by atoms with Crippen molar-refractivity contribution in [3.63, 3.8) is 0 Å². The smallest absolute Gasteiger partial charge is 0.302 e. The molecule has 29 heavy (non-hydrogen) atoms. The summed E-state index contributed by atoms with van der Waals surface area (Å²) in [6.45, 7) is 0.963. The summed E-state index contributed by atoms with van der Waals surface area (Å²) < 4.78 is 51.8. The van der Waals surface area contributed by atoms with Gasteiger partial charge in [0.05, 0.1) is 6.20 Å². The summed E-state index contributed by atoms with van der Waals surface area (Å²) in [6.07, 6.45) is -0.552. The van der Waals surface area contributed by atoms with Crippen LogP contribution in [0.1, 0.15) is 13.0 Å². The van der Waals surface area contributed by atoms with Gasteiger partial charge in [-0.25, -0.2) is 17.9 Å². The number of esters is 1. The molecule has 2 N–H and O–H groups in total. The van der Waals surface area contributed by atoms with Crippen LogP contribution in [0.3, 0.4) is 0 Å². The summed E-state index contributed by atoms with van der Waals surface area (Å²) in [5, 5.41) is 28.8. The number of hydrogen-bond acceptors (Lipinski definition) is 8. The number of ether oxygens (including phenoxy) is 2. The molecule has 3 rings (SSSR count). The standard InChI is InChI=1S/C17H18F3N3O5S/c1-7(24)27-6-12-15(25)14(16(26)17(28-12)29-2)23-5-11(21-22-23)8-3-9(18)13(20)10(19)4-8/h3-5,12,14-17,25-26H,6H2,1-2H3/t12-,14+,15+,16-,17+/m1/s1. The molecular weight excluding hydrogens is 415 g/mol. The van der Waals surface area contributed by atoms with E-state index < -0.39 is 53.2 Å². The molecule has 8 nitrogen and oxygen atoms in total. The summed E-state index contributed by atoms with van der Waals surface area (Å²) in [5.41, 5.74) is -0.829. The van der Waals surface area contributed by atoms with E-state index in [1.807, 2.05) is 0 Å². The number of aromatic nitrogens is 3. The lowest BCUT2D eigenvalue weighted by Gasteiger charge is -2.41. The number of carbonyl (C=O) groups excluding carboxylic acids is 1. The van der Waals surface area contributed by atoms with E-state index in [1.165, 1.54) is 24.9 Å². The second kappa shape index (κ2) is 8.69. The van der Waals surface area contributed by atoms with Gasteiger partial charge in [0.1, 0.15) is 42.1 Å². The highest BCUT2D eigenvalue weighted by molar-refractivity contribution is 7.99. The minimum Gasteiger partial charge on any atom is -0.463 e. The predicted octanol–water partition coefficient (Wildman–Crippen LogP) is 1.28. The van der Waals surface area contributed by atoms with E-state index in [9.17, 15) is 28.2 Å². The van der Waals surface area contributed by atoms with Crippen LogP contribution in [0.2, 0.25) is 0 Å². The van der Waals surface area contributed by atoms with Crippen molar-refractivity contribution in [1.29, 1.82) is 0 Å². The third kappa shape index (κ3) is 4.39. The summed E-state index contributed by atoms with van der Waals surface area (Å²) in [4.78, 5) is 11.1. The highest BCUT2D eigenvalue weighted by Gasteiger charge is 2.46.